The SMILES string of the molecule is CC1=CC(C)=C(C(=O)O)C2=N[N+]3(CN12)[C@H](C)CN(c1c(F)c(N)c2c(=O)c(C(=O)O)cn(C4CC4)c2c1F)C[C@@H]3C.[Cl-]. The number of rotatable bonds is 4. The number of piperazine rings is 1. The number of aromatic nitrogens is 1. The molecule has 224 valence electrons. The third kappa shape index (κ3) is 4.01. The number of carboxylic acid groups (broad SMARTS) is 2. The minimum atomic E-state index is -1.49. The lowest BCUT2D eigenvalue weighted by Gasteiger charge is -2.48. The van der Waals surface area contributed by atoms with Crippen molar-refractivity contribution >= 4 is 40.1 Å². The zero-order valence-corrected chi connectivity index (χ0v) is 24.2. The van der Waals surface area contributed by atoms with E-state index in [2.05, 4.69) is 0 Å². The van der Waals surface area contributed by atoms with Crippen LogP contribution in [0.1, 0.15) is 56.9 Å². The van der Waals surface area contributed by atoms with Crippen LogP contribution < -0.4 is 28.5 Å². The second-order valence-corrected chi connectivity index (χ2v) is 11.6. The third-order valence-electron chi connectivity index (χ3n) is 8.93. The van der Waals surface area contributed by atoms with Crippen LogP contribution in [0, 0.1) is 11.6 Å². The fourth-order valence-corrected chi connectivity index (χ4v) is 6.63. The molecule has 1 aromatic carbocycles. The maximum absolute atomic E-state index is 16.4. The molecular formula is C28H31ClF2N6O5. The van der Waals surface area contributed by atoms with Crippen LogP contribution >= 0.6 is 0 Å². The molecule has 1 spiro atoms. The van der Waals surface area contributed by atoms with Gasteiger partial charge in [0, 0.05) is 17.9 Å². The number of hydrogen-bond donors (Lipinski definition) is 3. The van der Waals surface area contributed by atoms with Crippen molar-refractivity contribution in [1.82, 2.24) is 9.47 Å². The number of nitrogen functional groups attached to an aromatic ring is 1. The smallest absolute Gasteiger partial charge is 0.341 e. The summed E-state index contributed by atoms with van der Waals surface area (Å²) in [5.74, 6) is -4.26. The molecule has 3 aliphatic heterocycles. The summed E-state index contributed by atoms with van der Waals surface area (Å²) in [6.07, 6.45) is 4.27. The fraction of sp³-hybridized carbons (Fsp3) is 0.429. The van der Waals surface area contributed by atoms with Crippen molar-refractivity contribution in [1.29, 1.82) is 0 Å². The van der Waals surface area contributed by atoms with Gasteiger partial charge in [-0.2, -0.15) is 4.59 Å². The number of amidine groups is 1. The molecule has 1 saturated carbocycles. The highest BCUT2D eigenvalue weighted by atomic mass is 35.5. The van der Waals surface area contributed by atoms with E-state index in [0.29, 0.717) is 30.9 Å². The summed E-state index contributed by atoms with van der Waals surface area (Å²) in [5.41, 5.74) is 4.95. The molecule has 42 heavy (non-hydrogen) atoms. The Labute approximate surface area is 245 Å². The zero-order valence-electron chi connectivity index (χ0n) is 23.5. The Kier molecular flexibility index (Phi) is 6.89. The molecule has 1 unspecified atom stereocenters. The number of hydrogen-bond acceptors (Lipinski definition) is 7. The van der Waals surface area contributed by atoms with Crippen LogP contribution in [-0.2, 0) is 4.79 Å². The average Bonchev–Trinajstić information content (AvgIpc) is 3.65. The number of allylic oxidation sites excluding steroid dienone is 3. The monoisotopic (exact) mass is 604 g/mol. The van der Waals surface area contributed by atoms with Crippen LogP contribution in [0.4, 0.5) is 20.2 Å². The van der Waals surface area contributed by atoms with Crippen LogP contribution in [0.15, 0.2) is 39.0 Å². The lowest BCUT2D eigenvalue weighted by Crippen LogP contribution is -3.00. The van der Waals surface area contributed by atoms with E-state index >= 15 is 8.78 Å². The summed E-state index contributed by atoms with van der Waals surface area (Å²) in [5, 5.41) is 23.9. The van der Waals surface area contributed by atoms with Gasteiger partial charge in [0.1, 0.15) is 28.9 Å². The Morgan fingerprint density at radius 3 is 2.24 bits per heavy atom. The molecule has 0 radical (unpaired) electrons. The normalized spacial score (nSPS) is 25.4. The van der Waals surface area contributed by atoms with Gasteiger partial charge in [0.15, 0.2) is 18.3 Å². The number of carboxylic acids is 2. The van der Waals surface area contributed by atoms with E-state index in [1.807, 2.05) is 31.7 Å². The molecule has 2 fully saturated rings. The number of carbonyl (C=O) groups is 2. The number of fused-ring (bicyclic) bond motifs is 2. The van der Waals surface area contributed by atoms with Crippen molar-refractivity contribution in [3.8, 4) is 0 Å². The van der Waals surface area contributed by atoms with Gasteiger partial charge < -0.3 is 37.8 Å². The van der Waals surface area contributed by atoms with Crippen molar-refractivity contribution < 1.29 is 45.6 Å². The number of pyridine rings is 1. The van der Waals surface area contributed by atoms with Gasteiger partial charge >= 0.3 is 11.9 Å². The van der Waals surface area contributed by atoms with Crippen molar-refractivity contribution in [2.75, 3.05) is 30.4 Å². The first-order chi connectivity index (χ1) is 19.3. The highest BCUT2D eigenvalue weighted by molar-refractivity contribution is 6.20. The maximum Gasteiger partial charge on any atom is 0.341 e. The van der Waals surface area contributed by atoms with E-state index in [1.54, 1.807) is 11.8 Å². The molecular weight excluding hydrogens is 574 g/mol. The minimum Gasteiger partial charge on any atom is -1.00 e. The van der Waals surface area contributed by atoms with Crippen LogP contribution in [0.3, 0.4) is 0 Å². The molecule has 0 bridgehead atoms. The predicted molar refractivity (Wildman–Crippen MR) is 147 cm³/mol. The van der Waals surface area contributed by atoms with E-state index in [4.69, 9.17) is 10.8 Å². The fourth-order valence-electron chi connectivity index (χ4n) is 6.63. The first kappa shape index (κ1) is 29.5. The molecule has 4 aliphatic rings. The molecule has 3 atom stereocenters. The molecule has 14 heteroatoms. The van der Waals surface area contributed by atoms with Gasteiger partial charge in [0.25, 0.3) is 0 Å². The van der Waals surface area contributed by atoms with Gasteiger partial charge in [-0.05, 0) is 52.2 Å². The lowest BCUT2D eigenvalue weighted by molar-refractivity contribution is -0.977. The molecule has 11 nitrogen and oxygen atoms in total. The van der Waals surface area contributed by atoms with Crippen LogP contribution in [-0.4, -0.2) is 73.9 Å². The summed E-state index contributed by atoms with van der Waals surface area (Å²) >= 11 is 0. The third-order valence-corrected chi connectivity index (χ3v) is 8.93. The quantitative estimate of drug-likeness (QED) is 0.332. The minimum absolute atomic E-state index is 0. The number of benzene rings is 1. The number of anilines is 2. The molecule has 1 saturated heterocycles. The summed E-state index contributed by atoms with van der Waals surface area (Å²) in [6.45, 7) is 8.15. The van der Waals surface area contributed by atoms with Gasteiger partial charge in [-0.3, -0.25) is 9.69 Å². The average molecular weight is 605 g/mol. The van der Waals surface area contributed by atoms with Crippen molar-refractivity contribution in [2.24, 2.45) is 5.10 Å². The van der Waals surface area contributed by atoms with E-state index in [9.17, 15) is 24.6 Å². The Balaban J connectivity index is 0.00000353. The molecule has 0 amide bonds. The number of nitrogens with two attached hydrogens (primary N) is 1. The maximum atomic E-state index is 16.4. The lowest BCUT2D eigenvalue weighted by atomic mass is 10.0. The molecule has 4 N–H and O–H groups in total. The second kappa shape index (κ2) is 9.80. The van der Waals surface area contributed by atoms with E-state index in [1.165, 1.54) is 4.57 Å². The van der Waals surface area contributed by atoms with Gasteiger partial charge in [0.05, 0.1) is 29.7 Å². The second-order valence-electron chi connectivity index (χ2n) is 11.6. The Morgan fingerprint density at radius 1 is 1.07 bits per heavy atom. The van der Waals surface area contributed by atoms with Gasteiger partial charge in [-0.15, -0.1) is 0 Å². The molecule has 2 aromatic rings. The molecule has 1 aliphatic carbocycles. The van der Waals surface area contributed by atoms with Crippen molar-refractivity contribution in [3.63, 3.8) is 0 Å². The highest BCUT2D eigenvalue weighted by Gasteiger charge is 2.54. The van der Waals surface area contributed by atoms with E-state index in [0.717, 1.165) is 11.9 Å². The first-order valence-corrected chi connectivity index (χ1v) is 13.5. The molecule has 4 heterocycles. The van der Waals surface area contributed by atoms with Crippen LogP contribution in [0.25, 0.3) is 10.9 Å². The Morgan fingerprint density at radius 2 is 1.69 bits per heavy atom. The van der Waals surface area contributed by atoms with Gasteiger partial charge in [0.2, 0.25) is 11.3 Å². The topological polar surface area (TPSA) is 141 Å². The highest BCUT2D eigenvalue weighted by Crippen LogP contribution is 2.44. The van der Waals surface area contributed by atoms with Crippen LogP contribution in [0.2, 0.25) is 0 Å². The zero-order chi connectivity index (χ0) is 29.7. The number of aliphatic carboxylic acids is 1. The molecule has 1 aromatic heterocycles. The summed E-state index contributed by atoms with van der Waals surface area (Å²) in [4.78, 5) is 40.3. The van der Waals surface area contributed by atoms with Crippen LogP contribution in [0.5, 0.6) is 0 Å². The first-order valence-electron chi connectivity index (χ1n) is 13.5. The summed E-state index contributed by atoms with van der Waals surface area (Å²) in [7, 11) is 0. The number of halogens is 3. The summed E-state index contributed by atoms with van der Waals surface area (Å²) < 4.78 is 33.9. The number of nitrogens with zero attached hydrogens (tertiary/aromatic N) is 5. The largest absolute Gasteiger partial charge is 1.00 e. The van der Waals surface area contributed by atoms with Crippen molar-refractivity contribution in [2.45, 2.75) is 58.7 Å². The van der Waals surface area contributed by atoms with Gasteiger partial charge in [-0.25, -0.2) is 18.4 Å². The van der Waals surface area contributed by atoms with E-state index in [-0.39, 0.29) is 65.0 Å². The number of aromatic carboxylic acids is 1. The number of quaternary nitrogens is 1. The van der Waals surface area contributed by atoms with Gasteiger partial charge in [-0.1, -0.05) is 5.10 Å². The standard InChI is InChI=1S/C28H30F2N6O5.ClH/c1-12-7-13(2)35-11-36(32-26(35)18(12)28(40)41)14(3)8-33(9-15(36)4)24-20(29)22(31)19-23(21(24)30)34(16-5-6-16)10-17(25(19)37)27(38)39;/h7,10,14-16H,5-6,8-9,11H2,1-4H3,(H3-,31,37,38,39,40,41);1H/t14-,15+,36?;. The molecule has 6 rings (SSSR count). The summed E-state index contributed by atoms with van der Waals surface area (Å²) in [6, 6.07) is -0.836. The Bertz CT molecular complexity index is 1720. The Hall–Kier alpha value is -3.97. The predicted octanol–water partition coefficient (Wildman–Crippen LogP) is 0.218. The van der Waals surface area contributed by atoms with Crippen molar-refractivity contribution in [3.05, 3.63) is 56.5 Å². The van der Waals surface area contributed by atoms with E-state index < -0.39 is 45.6 Å².